The van der Waals surface area contributed by atoms with Gasteiger partial charge in [-0.2, -0.15) is 5.10 Å². The molecule has 3 nitrogen and oxygen atoms in total. The maximum Gasteiger partial charge on any atom is 0.0624 e. The van der Waals surface area contributed by atoms with E-state index in [9.17, 15) is 5.11 Å². The molecule has 2 unspecified atom stereocenters. The molecule has 1 aromatic heterocycles. The lowest BCUT2D eigenvalue weighted by Crippen LogP contribution is -2.21. The molecule has 0 amide bonds. The number of aliphatic hydroxyl groups excluding tert-OH is 1. The molecule has 3 heteroatoms. The van der Waals surface area contributed by atoms with Crippen molar-refractivity contribution in [1.82, 2.24) is 9.78 Å². The minimum Gasteiger partial charge on any atom is -0.393 e. The van der Waals surface area contributed by atoms with Gasteiger partial charge in [0, 0.05) is 12.7 Å². The molecule has 1 N–H and O–H groups in total. The van der Waals surface area contributed by atoms with Crippen LogP contribution in [0.3, 0.4) is 0 Å². The van der Waals surface area contributed by atoms with Crippen molar-refractivity contribution in [2.45, 2.75) is 51.6 Å². The molecule has 0 saturated heterocycles. The first-order valence-electron chi connectivity index (χ1n) is 6.39. The van der Waals surface area contributed by atoms with Crippen LogP contribution >= 0.6 is 0 Å². The highest BCUT2D eigenvalue weighted by atomic mass is 16.3. The number of aryl methyl sites for hydroxylation is 2. The molecular weight excluding hydrogens is 200 g/mol. The van der Waals surface area contributed by atoms with Gasteiger partial charge in [-0.25, -0.2) is 0 Å². The highest BCUT2D eigenvalue weighted by Gasteiger charge is 2.21. The van der Waals surface area contributed by atoms with E-state index >= 15 is 0 Å². The lowest BCUT2D eigenvalue weighted by atomic mass is 9.84. The molecule has 1 aliphatic rings. The van der Waals surface area contributed by atoms with E-state index in [1.165, 1.54) is 24.2 Å². The maximum atomic E-state index is 9.66. The Bertz CT molecular complexity index is 346. The number of hydrogen-bond acceptors (Lipinski definition) is 2. The van der Waals surface area contributed by atoms with Crippen LogP contribution in [0.25, 0.3) is 0 Å². The van der Waals surface area contributed by atoms with E-state index in [0.717, 1.165) is 25.7 Å². The Morgan fingerprint density at radius 2 is 2.31 bits per heavy atom. The second kappa shape index (κ2) is 5.00. The van der Waals surface area contributed by atoms with Crippen molar-refractivity contribution in [3.8, 4) is 0 Å². The quantitative estimate of drug-likeness (QED) is 0.850. The summed E-state index contributed by atoms with van der Waals surface area (Å²) in [5.74, 6) is 0.642. The molecule has 1 saturated carbocycles. The third kappa shape index (κ3) is 2.64. The van der Waals surface area contributed by atoms with Gasteiger partial charge in [-0.1, -0.05) is 13.3 Å². The zero-order valence-electron chi connectivity index (χ0n) is 10.3. The van der Waals surface area contributed by atoms with E-state index in [1.54, 1.807) is 0 Å². The van der Waals surface area contributed by atoms with Crippen molar-refractivity contribution in [2.24, 2.45) is 13.0 Å². The fourth-order valence-electron chi connectivity index (χ4n) is 2.68. The summed E-state index contributed by atoms with van der Waals surface area (Å²) in [6, 6.07) is 2.21. The van der Waals surface area contributed by atoms with Gasteiger partial charge in [0.25, 0.3) is 0 Å². The van der Waals surface area contributed by atoms with Crippen LogP contribution in [0, 0.1) is 5.92 Å². The van der Waals surface area contributed by atoms with Gasteiger partial charge in [-0.05, 0) is 44.1 Å². The molecule has 1 aliphatic carbocycles. The van der Waals surface area contributed by atoms with E-state index in [4.69, 9.17) is 0 Å². The molecule has 0 bridgehead atoms. The molecule has 1 heterocycles. The van der Waals surface area contributed by atoms with Crippen LogP contribution in [0.4, 0.5) is 0 Å². The SMILES string of the molecule is CCc1cc(CC2CCCC(O)C2)n(C)n1. The molecule has 2 rings (SSSR count). The number of aliphatic hydroxyl groups is 1. The zero-order valence-corrected chi connectivity index (χ0v) is 10.3. The smallest absolute Gasteiger partial charge is 0.0624 e. The molecule has 1 aromatic rings. The van der Waals surface area contributed by atoms with E-state index in [2.05, 4.69) is 18.1 Å². The Hall–Kier alpha value is -0.830. The van der Waals surface area contributed by atoms with Gasteiger partial charge in [0.1, 0.15) is 0 Å². The molecule has 0 aliphatic heterocycles. The molecule has 0 aromatic carbocycles. The molecular formula is C13H22N2O. The van der Waals surface area contributed by atoms with E-state index < -0.39 is 0 Å². The molecule has 0 spiro atoms. The van der Waals surface area contributed by atoms with Crippen LogP contribution in [-0.4, -0.2) is 21.0 Å². The topological polar surface area (TPSA) is 38.0 Å². The van der Waals surface area contributed by atoms with Gasteiger partial charge >= 0.3 is 0 Å². The maximum absolute atomic E-state index is 9.66. The van der Waals surface area contributed by atoms with Crippen molar-refractivity contribution < 1.29 is 5.11 Å². The first-order chi connectivity index (χ1) is 7.69. The highest BCUT2D eigenvalue weighted by molar-refractivity contribution is 5.11. The van der Waals surface area contributed by atoms with Crippen LogP contribution in [-0.2, 0) is 19.9 Å². The second-order valence-corrected chi connectivity index (χ2v) is 4.99. The average Bonchev–Trinajstić information content (AvgIpc) is 2.60. The summed E-state index contributed by atoms with van der Waals surface area (Å²) < 4.78 is 2.00. The molecule has 0 radical (unpaired) electrons. The lowest BCUT2D eigenvalue weighted by molar-refractivity contribution is 0.100. The number of rotatable bonds is 3. The highest BCUT2D eigenvalue weighted by Crippen LogP contribution is 2.27. The predicted octanol–water partition coefficient (Wildman–Crippen LogP) is 2.08. The standard InChI is InChI=1S/C13H22N2O/c1-3-11-9-12(15(2)14-11)7-10-5-4-6-13(16)8-10/h9-10,13,16H,3-8H2,1-2H3. The molecule has 16 heavy (non-hydrogen) atoms. The summed E-state index contributed by atoms with van der Waals surface area (Å²) in [5.41, 5.74) is 2.49. The first kappa shape index (κ1) is 11.6. The Labute approximate surface area is 97.5 Å². The molecule has 90 valence electrons. The number of nitrogens with zero attached hydrogens (tertiary/aromatic N) is 2. The monoisotopic (exact) mass is 222 g/mol. The van der Waals surface area contributed by atoms with Crippen molar-refractivity contribution in [2.75, 3.05) is 0 Å². The lowest BCUT2D eigenvalue weighted by Gasteiger charge is -2.25. The number of hydrogen-bond donors (Lipinski definition) is 1. The predicted molar refractivity (Wildman–Crippen MR) is 64.3 cm³/mol. The van der Waals surface area contributed by atoms with E-state index in [0.29, 0.717) is 5.92 Å². The van der Waals surface area contributed by atoms with Crippen LogP contribution < -0.4 is 0 Å². The van der Waals surface area contributed by atoms with Gasteiger partial charge in [-0.15, -0.1) is 0 Å². The normalized spacial score (nSPS) is 25.9. The first-order valence-corrected chi connectivity index (χ1v) is 6.39. The van der Waals surface area contributed by atoms with Gasteiger partial charge in [0.2, 0.25) is 0 Å². The van der Waals surface area contributed by atoms with E-state index in [1.807, 2.05) is 11.7 Å². The summed E-state index contributed by atoms with van der Waals surface area (Å²) in [7, 11) is 2.02. The summed E-state index contributed by atoms with van der Waals surface area (Å²) >= 11 is 0. The fraction of sp³-hybridized carbons (Fsp3) is 0.769. The Morgan fingerprint density at radius 3 is 2.94 bits per heavy atom. The van der Waals surface area contributed by atoms with Crippen LogP contribution in [0.1, 0.15) is 44.0 Å². The molecule has 2 atom stereocenters. The van der Waals surface area contributed by atoms with Gasteiger partial charge in [-0.3, -0.25) is 4.68 Å². The third-order valence-corrected chi connectivity index (χ3v) is 3.64. The Morgan fingerprint density at radius 1 is 1.50 bits per heavy atom. The summed E-state index contributed by atoms with van der Waals surface area (Å²) in [5, 5.41) is 14.1. The summed E-state index contributed by atoms with van der Waals surface area (Å²) in [6.45, 7) is 2.14. The van der Waals surface area contributed by atoms with Crippen LogP contribution in [0.2, 0.25) is 0 Å². The fourth-order valence-corrected chi connectivity index (χ4v) is 2.68. The van der Waals surface area contributed by atoms with Crippen LogP contribution in [0.5, 0.6) is 0 Å². The summed E-state index contributed by atoms with van der Waals surface area (Å²) in [6.07, 6.45) is 6.38. The van der Waals surface area contributed by atoms with Crippen molar-refractivity contribution in [3.05, 3.63) is 17.5 Å². The summed E-state index contributed by atoms with van der Waals surface area (Å²) in [4.78, 5) is 0. The Kier molecular flexibility index (Phi) is 3.64. The zero-order chi connectivity index (χ0) is 11.5. The minimum absolute atomic E-state index is 0.0716. The minimum atomic E-state index is -0.0716. The average molecular weight is 222 g/mol. The van der Waals surface area contributed by atoms with Crippen molar-refractivity contribution in [1.29, 1.82) is 0 Å². The third-order valence-electron chi connectivity index (χ3n) is 3.64. The number of aromatic nitrogens is 2. The molecule has 1 fully saturated rings. The van der Waals surface area contributed by atoms with Gasteiger partial charge in [0.05, 0.1) is 11.8 Å². The van der Waals surface area contributed by atoms with Gasteiger partial charge in [0.15, 0.2) is 0 Å². The van der Waals surface area contributed by atoms with Crippen molar-refractivity contribution in [3.63, 3.8) is 0 Å². The largest absolute Gasteiger partial charge is 0.393 e. The Balaban J connectivity index is 1.99. The van der Waals surface area contributed by atoms with Crippen molar-refractivity contribution >= 4 is 0 Å². The van der Waals surface area contributed by atoms with Crippen LogP contribution in [0.15, 0.2) is 6.07 Å². The van der Waals surface area contributed by atoms with Gasteiger partial charge < -0.3 is 5.11 Å². The second-order valence-electron chi connectivity index (χ2n) is 4.99. The van der Waals surface area contributed by atoms with E-state index in [-0.39, 0.29) is 6.10 Å².